The maximum absolute atomic E-state index is 12.7. The molecule has 0 bridgehead atoms. The summed E-state index contributed by atoms with van der Waals surface area (Å²) in [5.74, 6) is 2.43. The number of methoxy groups -OCH3 is 6. The Kier molecular flexibility index (Phi) is 10.4. The average Bonchev–Trinajstić information content (AvgIpc) is 2.99. The van der Waals surface area contributed by atoms with Crippen LogP contribution in [0.2, 0.25) is 0 Å². The first kappa shape index (κ1) is 29.4. The van der Waals surface area contributed by atoms with Gasteiger partial charge in [0.15, 0.2) is 17.3 Å². The lowest BCUT2D eigenvalue weighted by Crippen LogP contribution is -2.08. The topological polar surface area (TPSA) is 114 Å². The maximum atomic E-state index is 12.7. The summed E-state index contributed by atoms with van der Waals surface area (Å²) in [5.41, 5.74) is 2.06. The minimum atomic E-state index is -0.379. The second-order valence-corrected chi connectivity index (χ2v) is 8.09. The van der Waals surface area contributed by atoms with Crippen molar-refractivity contribution in [1.29, 1.82) is 0 Å². The average molecular weight is 549 g/mol. The smallest absolute Gasteiger partial charge is 0.248 e. The van der Waals surface area contributed by atoms with E-state index in [2.05, 4.69) is 10.6 Å². The number of rotatable bonds is 13. The van der Waals surface area contributed by atoms with Gasteiger partial charge in [0.25, 0.3) is 0 Å². The van der Waals surface area contributed by atoms with Gasteiger partial charge in [-0.1, -0.05) is 0 Å². The van der Waals surface area contributed by atoms with Gasteiger partial charge in [-0.25, -0.2) is 0 Å². The van der Waals surface area contributed by atoms with E-state index in [1.807, 2.05) is 0 Å². The molecule has 0 aromatic heterocycles. The molecule has 0 atom stereocenters. The van der Waals surface area contributed by atoms with Gasteiger partial charge < -0.3 is 39.1 Å². The van der Waals surface area contributed by atoms with Crippen LogP contribution < -0.4 is 39.1 Å². The van der Waals surface area contributed by atoms with Crippen LogP contribution in [0.25, 0.3) is 6.08 Å². The number of nitrogens with one attached hydrogen (secondary N) is 2. The van der Waals surface area contributed by atoms with E-state index in [4.69, 9.17) is 28.4 Å². The number of hydrogen-bond acceptors (Lipinski definition) is 9. The van der Waals surface area contributed by atoms with Crippen molar-refractivity contribution in [3.05, 3.63) is 78.0 Å². The summed E-state index contributed by atoms with van der Waals surface area (Å²) >= 11 is 0. The van der Waals surface area contributed by atoms with Gasteiger partial charge in [-0.05, 0) is 42.5 Å². The van der Waals surface area contributed by atoms with Gasteiger partial charge in [0.1, 0.15) is 23.0 Å². The van der Waals surface area contributed by atoms with Crippen LogP contribution in [0.3, 0.4) is 0 Å². The molecule has 3 rings (SSSR count). The van der Waals surface area contributed by atoms with Crippen LogP contribution in [-0.4, -0.2) is 54.3 Å². The van der Waals surface area contributed by atoms with Crippen molar-refractivity contribution in [2.45, 2.75) is 0 Å². The number of benzene rings is 3. The Morgan fingerprint density at radius 3 is 1.88 bits per heavy atom. The predicted octanol–water partition coefficient (Wildman–Crippen LogP) is 5.20. The number of anilines is 2. The summed E-state index contributed by atoms with van der Waals surface area (Å²) in [6.07, 6.45) is 5.83. The Balaban J connectivity index is 1.73. The van der Waals surface area contributed by atoms with Crippen LogP contribution in [0, 0.1) is 0 Å². The lowest BCUT2D eigenvalue weighted by atomic mass is 10.1. The first-order valence-corrected chi connectivity index (χ1v) is 12.0. The Morgan fingerprint density at radius 1 is 0.650 bits per heavy atom. The lowest BCUT2D eigenvalue weighted by molar-refractivity contribution is -0.111. The van der Waals surface area contributed by atoms with Crippen molar-refractivity contribution in [3.63, 3.8) is 0 Å². The fourth-order valence-electron chi connectivity index (χ4n) is 3.73. The molecule has 210 valence electrons. The zero-order valence-corrected chi connectivity index (χ0v) is 23.2. The molecule has 0 unspecified atom stereocenters. The van der Waals surface area contributed by atoms with Crippen molar-refractivity contribution in [2.75, 3.05) is 53.3 Å². The third-order valence-electron chi connectivity index (χ3n) is 5.76. The number of ketones is 1. The zero-order chi connectivity index (χ0) is 29.1. The largest absolute Gasteiger partial charge is 0.496 e. The fraction of sp³-hybridized carbons (Fsp3) is 0.200. The molecule has 0 aliphatic carbocycles. The molecule has 0 aliphatic rings. The molecule has 0 radical (unpaired) electrons. The van der Waals surface area contributed by atoms with Crippen molar-refractivity contribution in [3.8, 4) is 34.5 Å². The van der Waals surface area contributed by atoms with Crippen molar-refractivity contribution >= 4 is 29.1 Å². The quantitative estimate of drug-likeness (QED) is 0.220. The first-order chi connectivity index (χ1) is 19.4. The van der Waals surface area contributed by atoms with E-state index in [0.717, 1.165) is 0 Å². The molecule has 0 spiro atoms. The lowest BCUT2D eigenvalue weighted by Gasteiger charge is -2.13. The summed E-state index contributed by atoms with van der Waals surface area (Å²) in [6, 6.07) is 13.4. The van der Waals surface area contributed by atoms with Gasteiger partial charge in [-0.3, -0.25) is 9.59 Å². The molecule has 3 aromatic carbocycles. The molecule has 2 N–H and O–H groups in total. The molecule has 0 fully saturated rings. The van der Waals surface area contributed by atoms with E-state index in [-0.39, 0.29) is 11.7 Å². The highest BCUT2D eigenvalue weighted by molar-refractivity contribution is 6.05. The number of carbonyl (C=O) groups excluding carboxylic acids is 2. The highest BCUT2D eigenvalue weighted by Crippen LogP contribution is 2.35. The predicted molar refractivity (Wildman–Crippen MR) is 153 cm³/mol. The molecule has 3 aromatic rings. The second-order valence-electron chi connectivity index (χ2n) is 8.09. The van der Waals surface area contributed by atoms with E-state index >= 15 is 0 Å². The second kappa shape index (κ2) is 14.1. The molecule has 0 heterocycles. The normalized spacial score (nSPS) is 10.8. The van der Waals surface area contributed by atoms with E-state index in [1.54, 1.807) is 61.7 Å². The van der Waals surface area contributed by atoms with Gasteiger partial charge >= 0.3 is 0 Å². The zero-order valence-electron chi connectivity index (χ0n) is 23.2. The van der Waals surface area contributed by atoms with Crippen molar-refractivity contribution < 1.29 is 38.0 Å². The number of ether oxygens (including phenoxy) is 6. The number of carbonyl (C=O) groups is 2. The Bertz CT molecular complexity index is 1390. The minimum Gasteiger partial charge on any atom is -0.496 e. The summed E-state index contributed by atoms with van der Waals surface area (Å²) in [7, 11) is 9.14. The molecule has 10 heteroatoms. The number of amides is 1. The van der Waals surface area contributed by atoms with Gasteiger partial charge in [-0.2, -0.15) is 0 Å². The molecular formula is C30H32N2O8. The van der Waals surface area contributed by atoms with Crippen LogP contribution >= 0.6 is 0 Å². The van der Waals surface area contributed by atoms with Crippen LogP contribution in [0.1, 0.15) is 15.9 Å². The van der Waals surface area contributed by atoms with Crippen LogP contribution in [-0.2, 0) is 4.79 Å². The van der Waals surface area contributed by atoms with Gasteiger partial charge in [0, 0.05) is 41.7 Å². The fourth-order valence-corrected chi connectivity index (χ4v) is 3.73. The molecule has 1 amide bonds. The first-order valence-electron chi connectivity index (χ1n) is 12.0. The van der Waals surface area contributed by atoms with E-state index in [0.29, 0.717) is 57.0 Å². The molecule has 40 heavy (non-hydrogen) atoms. The Hall–Kier alpha value is -5.12. The number of hydrogen-bond donors (Lipinski definition) is 2. The maximum Gasteiger partial charge on any atom is 0.248 e. The monoisotopic (exact) mass is 548 g/mol. The van der Waals surface area contributed by atoms with E-state index in [1.165, 1.54) is 53.9 Å². The highest BCUT2D eigenvalue weighted by Gasteiger charge is 2.12. The number of allylic oxidation sites excluding steroid dienone is 1. The highest BCUT2D eigenvalue weighted by atomic mass is 16.5. The molecule has 0 saturated heterocycles. The molecule has 0 saturated carbocycles. The van der Waals surface area contributed by atoms with Crippen LogP contribution in [0.15, 0.2) is 66.9 Å². The van der Waals surface area contributed by atoms with Gasteiger partial charge in [0.05, 0.1) is 53.9 Å². The standard InChI is InChI=1S/C30H32N2O8/c1-35-21-17-27(38-4)22(28(18-21)39-5)9-12-30(34)32-20-8-11-25(36-2)23(16-20)31-14-13-24(33)19-7-10-26(37-3)29(15-19)40-6/h7-18,31H,1-6H3,(H,32,34)/b12-9+,14-13+. The van der Waals surface area contributed by atoms with Crippen molar-refractivity contribution in [1.82, 2.24) is 0 Å². The summed E-state index contributed by atoms with van der Waals surface area (Å²) < 4.78 is 32.0. The summed E-state index contributed by atoms with van der Waals surface area (Å²) in [6.45, 7) is 0. The third kappa shape index (κ3) is 7.25. The van der Waals surface area contributed by atoms with E-state index < -0.39 is 0 Å². The summed E-state index contributed by atoms with van der Waals surface area (Å²) in [5, 5.41) is 5.84. The molecular weight excluding hydrogens is 516 g/mol. The molecule has 0 aliphatic heterocycles. The van der Waals surface area contributed by atoms with Crippen molar-refractivity contribution in [2.24, 2.45) is 0 Å². The summed E-state index contributed by atoms with van der Waals surface area (Å²) in [4.78, 5) is 25.3. The van der Waals surface area contributed by atoms with Gasteiger partial charge in [0.2, 0.25) is 5.91 Å². The van der Waals surface area contributed by atoms with Gasteiger partial charge in [-0.15, -0.1) is 0 Å². The molecule has 10 nitrogen and oxygen atoms in total. The van der Waals surface area contributed by atoms with E-state index in [9.17, 15) is 9.59 Å². The third-order valence-corrected chi connectivity index (χ3v) is 5.76. The minimum absolute atomic E-state index is 0.244. The Labute approximate surface area is 233 Å². The SMILES string of the molecule is COc1cc(OC)c(/C=C/C(=O)Nc2ccc(OC)c(N/C=C/C(=O)c3ccc(OC)c(OC)c3)c2)c(OC)c1. The van der Waals surface area contributed by atoms with Crippen LogP contribution in [0.4, 0.5) is 11.4 Å². The Morgan fingerprint density at radius 2 is 1.27 bits per heavy atom. The van der Waals surface area contributed by atoms with Crippen LogP contribution in [0.5, 0.6) is 34.5 Å².